The van der Waals surface area contributed by atoms with Crippen LogP contribution in [0.3, 0.4) is 0 Å². The molecule has 0 saturated carbocycles. The average Bonchev–Trinajstić information content (AvgIpc) is 2.55. The van der Waals surface area contributed by atoms with Crippen LogP contribution in [0, 0.1) is 20.2 Å². The summed E-state index contributed by atoms with van der Waals surface area (Å²) in [6, 6.07) is 9.39. The third-order valence-electron chi connectivity index (χ3n) is 3.57. The maximum Gasteiger partial charge on any atom is 0.321 e. The van der Waals surface area contributed by atoms with Crippen LogP contribution in [-0.4, -0.2) is 27.0 Å². The highest BCUT2D eigenvalue weighted by atomic mass is 16.6. The standard InChI is InChI=1S/C15H13N3O6/c16-14(15(19)20)13(9-1-5-11(6-2-9)17(21)22)10-3-7-12(8-4-10)18(23)24/h1-8,13-14H,16H2,(H,19,20)/t14-/m0/s1. The van der Waals surface area contributed by atoms with Crippen molar-refractivity contribution in [3.63, 3.8) is 0 Å². The molecular formula is C15H13N3O6. The van der Waals surface area contributed by atoms with Gasteiger partial charge >= 0.3 is 5.97 Å². The van der Waals surface area contributed by atoms with E-state index in [1.165, 1.54) is 48.5 Å². The van der Waals surface area contributed by atoms with Crippen molar-refractivity contribution in [3.8, 4) is 0 Å². The van der Waals surface area contributed by atoms with Crippen molar-refractivity contribution in [2.24, 2.45) is 5.73 Å². The summed E-state index contributed by atoms with van der Waals surface area (Å²) in [5.41, 5.74) is 6.41. The van der Waals surface area contributed by atoms with E-state index in [-0.39, 0.29) is 11.4 Å². The zero-order valence-corrected chi connectivity index (χ0v) is 12.2. The molecule has 0 aromatic heterocycles. The van der Waals surface area contributed by atoms with E-state index in [0.717, 1.165) is 0 Å². The molecule has 0 aliphatic carbocycles. The largest absolute Gasteiger partial charge is 0.480 e. The van der Waals surface area contributed by atoms with Gasteiger partial charge in [0.15, 0.2) is 0 Å². The molecule has 9 heteroatoms. The van der Waals surface area contributed by atoms with E-state index in [2.05, 4.69) is 0 Å². The van der Waals surface area contributed by atoms with E-state index in [9.17, 15) is 30.1 Å². The molecule has 0 heterocycles. The predicted octanol–water partition coefficient (Wildman–Crippen LogP) is 2.05. The van der Waals surface area contributed by atoms with E-state index in [1.54, 1.807) is 0 Å². The molecule has 2 aromatic carbocycles. The maximum absolute atomic E-state index is 11.3. The number of rotatable bonds is 6. The average molecular weight is 331 g/mol. The lowest BCUT2D eigenvalue weighted by Gasteiger charge is -2.21. The highest BCUT2D eigenvalue weighted by Crippen LogP contribution is 2.30. The van der Waals surface area contributed by atoms with Crippen LogP contribution in [0.1, 0.15) is 17.0 Å². The fourth-order valence-electron chi connectivity index (χ4n) is 2.36. The molecule has 3 N–H and O–H groups in total. The van der Waals surface area contributed by atoms with Gasteiger partial charge in [-0.25, -0.2) is 0 Å². The van der Waals surface area contributed by atoms with Gasteiger partial charge < -0.3 is 10.8 Å². The summed E-state index contributed by atoms with van der Waals surface area (Å²) in [4.78, 5) is 31.6. The summed E-state index contributed by atoms with van der Waals surface area (Å²) in [6.07, 6.45) is 0. The number of hydrogen-bond acceptors (Lipinski definition) is 6. The van der Waals surface area contributed by atoms with E-state index >= 15 is 0 Å². The van der Waals surface area contributed by atoms with Crippen LogP contribution in [-0.2, 0) is 4.79 Å². The van der Waals surface area contributed by atoms with Crippen molar-refractivity contribution in [1.29, 1.82) is 0 Å². The van der Waals surface area contributed by atoms with Crippen LogP contribution >= 0.6 is 0 Å². The highest BCUT2D eigenvalue weighted by molar-refractivity contribution is 5.75. The number of non-ortho nitro benzene ring substituents is 2. The van der Waals surface area contributed by atoms with Crippen LogP contribution in [0.4, 0.5) is 11.4 Å². The van der Waals surface area contributed by atoms with Crippen LogP contribution < -0.4 is 5.73 Å². The highest BCUT2D eigenvalue weighted by Gasteiger charge is 2.28. The first-order chi connectivity index (χ1) is 11.3. The molecule has 0 amide bonds. The summed E-state index contributed by atoms with van der Waals surface area (Å²) in [6.45, 7) is 0. The predicted molar refractivity (Wildman–Crippen MR) is 83.6 cm³/mol. The Bertz CT molecular complexity index is 715. The number of carboxylic acid groups (broad SMARTS) is 1. The van der Waals surface area contributed by atoms with Crippen molar-refractivity contribution < 1.29 is 19.7 Å². The Hall–Kier alpha value is -3.33. The second-order valence-corrected chi connectivity index (χ2v) is 5.04. The van der Waals surface area contributed by atoms with Crippen LogP contribution in [0.2, 0.25) is 0 Å². The van der Waals surface area contributed by atoms with Gasteiger partial charge in [-0.1, -0.05) is 24.3 Å². The second-order valence-electron chi connectivity index (χ2n) is 5.04. The van der Waals surface area contributed by atoms with E-state index in [4.69, 9.17) is 5.73 Å². The number of benzene rings is 2. The van der Waals surface area contributed by atoms with Gasteiger partial charge in [-0.3, -0.25) is 25.0 Å². The van der Waals surface area contributed by atoms with E-state index in [1.807, 2.05) is 0 Å². The van der Waals surface area contributed by atoms with Crippen LogP contribution in [0.25, 0.3) is 0 Å². The number of nitro benzene ring substituents is 2. The van der Waals surface area contributed by atoms with Crippen molar-refractivity contribution in [1.82, 2.24) is 0 Å². The Morgan fingerprint density at radius 3 is 1.46 bits per heavy atom. The molecule has 0 radical (unpaired) electrons. The van der Waals surface area contributed by atoms with Gasteiger partial charge in [0, 0.05) is 30.2 Å². The van der Waals surface area contributed by atoms with Gasteiger partial charge in [0.05, 0.1) is 9.85 Å². The first-order valence-electron chi connectivity index (χ1n) is 6.78. The number of aliphatic carboxylic acids is 1. The number of carbonyl (C=O) groups is 1. The maximum atomic E-state index is 11.3. The summed E-state index contributed by atoms with van der Waals surface area (Å²) < 4.78 is 0. The van der Waals surface area contributed by atoms with Crippen molar-refractivity contribution >= 4 is 17.3 Å². The smallest absolute Gasteiger partial charge is 0.321 e. The lowest BCUT2D eigenvalue weighted by Crippen LogP contribution is -2.37. The molecule has 0 fully saturated rings. The van der Waals surface area contributed by atoms with Crippen molar-refractivity contribution in [2.45, 2.75) is 12.0 Å². The molecule has 24 heavy (non-hydrogen) atoms. The normalized spacial score (nSPS) is 11.9. The second kappa shape index (κ2) is 6.84. The first kappa shape index (κ1) is 17.0. The van der Waals surface area contributed by atoms with Crippen molar-refractivity contribution in [3.05, 3.63) is 79.9 Å². The van der Waals surface area contributed by atoms with Crippen LogP contribution in [0.15, 0.2) is 48.5 Å². The molecule has 0 saturated heterocycles. The molecule has 0 aliphatic heterocycles. The number of nitro groups is 2. The van der Waals surface area contributed by atoms with Gasteiger partial charge in [0.25, 0.3) is 11.4 Å². The summed E-state index contributed by atoms with van der Waals surface area (Å²) in [5.74, 6) is -2.05. The summed E-state index contributed by atoms with van der Waals surface area (Å²) in [7, 11) is 0. The van der Waals surface area contributed by atoms with Gasteiger partial charge in [-0.2, -0.15) is 0 Å². The van der Waals surface area contributed by atoms with Gasteiger partial charge in [0.1, 0.15) is 6.04 Å². The molecule has 2 aromatic rings. The quantitative estimate of drug-likeness (QED) is 0.607. The molecular weight excluding hydrogens is 318 g/mol. The topological polar surface area (TPSA) is 150 Å². The SMILES string of the molecule is N[C@H](C(=O)O)C(c1ccc([N+](=O)[O-])cc1)c1ccc([N+](=O)[O-])cc1. The lowest BCUT2D eigenvalue weighted by molar-refractivity contribution is -0.385. The molecule has 0 aliphatic rings. The number of nitrogens with zero attached hydrogens (tertiary/aromatic N) is 2. The minimum Gasteiger partial charge on any atom is -0.480 e. The Morgan fingerprint density at radius 2 is 1.21 bits per heavy atom. The van der Waals surface area contributed by atoms with Crippen molar-refractivity contribution in [2.75, 3.05) is 0 Å². The summed E-state index contributed by atoms with van der Waals surface area (Å²) >= 11 is 0. The Morgan fingerprint density at radius 1 is 0.875 bits per heavy atom. The van der Waals surface area contributed by atoms with Gasteiger partial charge in [-0.15, -0.1) is 0 Å². The molecule has 0 bridgehead atoms. The molecule has 124 valence electrons. The lowest BCUT2D eigenvalue weighted by atomic mass is 9.85. The molecule has 0 spiro atoms. The Kier molecular flexibility index (Phi) is 4.85. The molecule has 2 rings (SSSR count). The number of nitrogens with two attached hydrogens (primary N) is 1. The zero-order valence-electron chi connectivity index (χ0n) is 12.2. The molecule has 1 atom stereocenters. The zero-order chi connectivity index (χ0) is 17.9. The molecule has 9 nitrogen and oxygen atoms in total. The first-order valence-corrected chi connectivity index (χ1v) is 6.78. The van der Waals surface area contributed by atoms with Gasteiger partial charge in [0.2, 0.25) is 0 Å². The minimum absolute atomic E-state index is 0.134. The fourth-order valence-corrected chi connectivity index (χ4v) is 2.36. The van der Waals surface area contributed by atoms with Gasteiger partial charge in [-0.05, 0) is 11.1 Å². The third kappa shape index (κ3) is 3.52. The fraction of sp³-hybridized carbons (Fsp3) is 0.133. The van der Waals surface area contributed by atoms with E-state index in [0.29, 0.717) is 11.1 Å². The summed E-state index contributed by atoms with van der Waals surface area (Å²) in [5, 5.41) is 30.7. The molecule has 0 unspecified atom stereocenters. The monoisotopic (exact) mass is 331 g/mol. The third-order valence-corrected chi connectivity index (χ3v) is 3.57. The van der Waals surface area contributed by atoms with Crippen LogP contribution in [0.5, 0.6) is 0 Å². The minimum atomic E-state index is -1.31. The number of hydrogen-bond donors (Lipinski definition) is 2. The Labute approximate surface area is 135 Å². The van der Waals surface area contributed by atoms with E-state index < -0.39 is 27.8 Å². The Balaban J connectivity index is 2.46. The number of carboxylic acids is 1.